The zero-order valence-electron chi connectivity index (χ0n) is 15.2. The first-order valence-electron chi connectivity index (χ1n) is 9.27. The highest BCUT2D eigenvalue weighted by molar-refractivity contribution is 6.35. The molecule has 0 bridgehead atoms. The third kappa shape index (κ3) is 4.27. The Morgan fingerprint density at radius 1 is 1.11 bits per heavy atom. The van der Waals surface area contributed by atoms with E-state index in [9.17, 15) is 4.79 Å². The van der Waals surface area contributed by atoms with E-state index in [-0.39, 0.29) is 11.8 Å². The number of piperidine rings is 1. The molecule has 144 valence electrons. The highest BCUT2D eigenvalue weighted by Gasteiger charge is 2.25. The number of likely N-dealkylation sites (tertiary alicyclic amines) is 1. The average molecular weight is 415 g/mol. The standard InChI is InChI=1S/C21H20Cl2N4O/c22-16-4-6-19(25-12-16)26-21(28)14-7-10-27(11-8-14)13-15-3-5-18(23)17-2-1-9-24-20(15)17/h1-6,9,12,14H,7-8,10-11,13H2,(H,25,26,28). The molecule has 1 aromatic carbocycles. The molecular formula is C21H20Cl2N4O. The van der Waals surface area contributed by atoms with Crippen LogP contribution in [0.4, 0.5) is 5.82 Å². The van der Waals surface area contributed by atoms with Crippen LogP contribution in [0, 0.1) is 5.92 Å². The molecule has 1 aliphatic heterocycles. The summed E-state index contributed by atoms with van der Waals surface area (Å²) >= 11 is 12.1. The summed E-state index contributed by atoms with van der Waals surface area (Å²) in [6, 6.07) is 11.3. The predicted molar refractivity (Wildman–Crippen MR) is 113 cm³/mol. The molecule has 3 heterocycles. The summed E-state index contributed by atoms with van der Waals surface area (Å²) in [5, 5.41) is 5.13. The van der Waals surface area contributed by atoms with Crippen LogP contribution in [0.2, 0.25) is 10.0 Å². The maximum absolute atomic E-state index is 12.5. The number of rotatable bonds is 4. The number of nitrogens with one attached hydrogen (secondary N) is 1. The van der Waals surface area contributed by atoms with Gasteiger partial charge in [-0.1, -0.05) is 29.3 Å². The van der Waals surface area contributed by atoms with Crippen LogP contribution >= 0.6 is 23.2 Å². The van der Waals surface area contributed by atoms with Gasteiger partial charge in [0.15, 0.2) is 0 Å². The fraction of sp³-hybridized carbons (Fsp3) is 0.286. The number of benzene rings is 1. The second-order valence-electron chi connectivity index (χ2n) is 7.01. The van der Waals surface area contributed by atoms with Gasteiger partial charge in [0.05, 0.1) is 10.5 Å². The van der Waals surface area contributed by atoms with E-state index in [4.69, 9.17) is 23.2 Å². The Balaban J connectivity index is 1.36. The van der Waals surface area contributed by atoms with E-state index < -0.39 is 0 Å². The zero-order valence-corrected chi connectivity index (χ0v) is 16.7. The molecule has 2 aromatic heterocycles. The molecule has 1 aliphatic rings. The normalized spacial score (nSPS) is 15.6. The number of amides is 1. The van der Waals surface area contributed by atoms with Crippen molar-refractivity contribution in [1.82, 2.24) is 14.9 Å². The number of halogens is 2. The number of nitrogens with zero attached hydrogens (tertiary/aromatic N) is 3. The molecule has 1 fully saturated rings. The molecule has 3 aromatic rings. The topological polar surface area (TPSA) is 58.1 Å². The fourth-order valence-electron chi connectivity index (χ4n) is 3.60. The number of anilines is 1. The van der Waals surface area contributed by atoms with Gasteiger partial charge in [-0.05, 0) is 61.8 Å². The van der Waals surface area contributed by atoms with Gasteiger partial charge in [0.2, 0.25) is 5.91 Å². The van der Waals surface area contributed by atoms with E-state index in [0.29, 0.717) is 10.8 Å². The van der Waals surface area contributed by atoms with Crippen LogP contribution in [-0.4, -0.2) is 33.9 Å². The van der Waals surface area contributed by atoms with E-state index >= 15 is 0 Å². The first-order chi connectivity index (χ1) is 13.6. The predicted octanol–water partition coefficient (Wildman–Crippen LogP) is 4.79. The van der Waals surface area contributed by atoms with Crippen LogP contribution in [0.5, 0.6) is 0 Å². The van der Waals surface area contributed by atoms with Crippen LogP contribution in [0.15, 0.2) is 48.8 Å². The number of carbonyl (C=O) groups excluding carboxylic acids is 1. The van der Waals surface area contributed by atoms with Gasteiger partial charge < -0.3 is 5.32 Å². The van der Waals surface area contributed by atoms with Gasteiger partial charge in [0, 0.05) is 35.3 Å². The minimum atomic E-state index is -0.00573. The minimum absolute atomic E-state index is 0.00573. The lowest BCUT2D eigenvalue weighted by Crippen LogP contribution is -2.37. The van der Waals surface area contributed by atoms with Gasteiger partial charge in [0.25, 0.3) is 0 Å². The Kier molecular flexibility index (Phi) is 5.76. The summed E-state index contributed by atoms with van der Waals surface area (Å²) in [5.41, 5.74) is 2.11. The molecule has 4 rings (SSSR count). The van der Waals surface area contributed by atoms with Gasteiger partial charge in [0.1, 0.15) is 5.82 Å². The van der Waals surface area contributed by atoms with E-state index in [1.165, 1.54) is 6.20 Å². The molecule has 7 heteroatoms. The lowest BCUT2D eigenvalue weighted by atomic mass is 9.95. The van der Waals surface area contributed by atoms with Crippen LogP contribution in [0.1, 0.15) is 18.4 Å². The smallest absolute Gasteiger partial charge is 0.228 e. The molecule has 28 heavy (non-hydrogen) atoms. The lowest BCUT2D eigenvalue weighted by molar-refractivity contribution is -0.121. The van der Waals surface area contributed by atoms with Crippen molar-refractivity contribution < 1.29 is 4.79 Å². The van der Waals surface area contributed by atoms with Crippen molar-refractivity contribution in [2.45, 2.75) is 19.4 Å². The molecule has 0 atom stereocenters. The number of carbonyl (C=O) groups is 1. The first kappa shape index (κ1) is 19.1. The van der Waals surface area contributed by atoms with Crippen molar-refractivity contribution in [2.75, 3.05) is 18.4 Å². The Morgan fingerprint density at radius 2 is 1.93 bits per heavy atom. The van der Waals surface area contributed by atoms with Gasteiger partial charge in [-0.2, -0.15) is 0 Å². The van der Waals surface area contributed by atoms with Crippen molar-refractivity contribution in [3.63, 3.8) is 0 Å². The Morgan fingerprint density at radius 3 is 2.68 bits per heavy atom. The van der Waals surface area contributed by atoms with Crippen molar-refractivity contribution in [3.05, 3.63) is 64.4 Å². The van der Waals surface area contributed by atoms with Gasteiger partial charge >= 0.3 is 0 Å². The third-order valence-electron chi connectivity index (χ3n) is 5.13. The van der Waals surface area contributed by atoms with Crippen molar-refractivity contribution >= 4 is 45.8 Å². The molecule has 0 aliphatic carbocycles. The second-order valence-corrected chi connectivity index (χ2v) is 7.85. The second kappa shape index (κ2) is 8.43. The highest BCUT2D eigenvalue weighted by Crippen LogP contribution is 2.27. The minimum Gasteiger partial charge on any atom is -0.310 e. The molecule has 0 unspecified atom stereocenters. The number of fused-ring (bicyclic) bond motifs is 1. The Labute approximate surface area is 173 Å². The molecule has 0 saturated carbocycles. The summed E-state index contributed by atoms with van der Waals surface area (Å²) in [4.78, 5) is 23.5. The molecule has 0 radical (unpaired) electrons. The summed E-state index contributed by atoms with van der Waals surface area (Å²) in [7, 11) is 0. The third-order valence-corrected chi connectivity index (χ3v) is 5.68. The average Bonchev–Trinajstić information content (AvgIpc) is 2.72. The molecule has 0 spiro atoms. The molecule has 1 saturated heterocycles. The quantitative estimate of drug-likeness (QED) is 0.666. The monoisotopic (exact) mass is 414 g/mol. The van der Waals surface area contributed by atoms with Crippen LogP contribution < -0.4 is 5.32 Å². The SMILES string of the molecule is O=C(Nc1ccc(Cl)cn1)C1CCN(Cc2ccc(Cl)c3cccnc23)CC1. The Hall–Kier alpha value is -2.21. The Bertz CT molecular complexity index is 985. The first-order valence-corrected chi connectivity index (χ1v) is 10.0. The van der Waals surface area contributed by atoms with Crippen LogP contribution in [0.25, 0.3) is 10.9 Å². The van der Waals surface area contributed by atoms with E-state index in [1.807, 2.05) is 24.3 Å². The summed E-state index contributed by atoms with van der Waals surface area (Å²) in [6.07, 6.45) is 4.96. The number of hydrogen-bond donors (Lipinski definition) is 1. The highest BCUT2D eigenvalue weighted by atomic mass is 35.5. The zero-order chi connectivity index (χ0) is 19.5. The number of pyridine rings is 2. The van der Waals surface area contributed by atoms with Gasteiger partial charge in [-0.15, -0.1) is 0 Å². The van der Waals surface area contributed by atoms with Crippen molar-refractivity contribution in [2.24, 2.45) is 5.92 Å². The fourth-order valence-corrected chi connectivity index (χ4v) is 3.92. The summed E-state index contributed by atoms with van der Waals surface area (Å²) in [5.74, 6) is 0.553. The lowest BCUT2D eigenvalue weighted by Gasteiger charge is -2.31. The van der Waals surface area contributed by atoms with Crippen molar-refractivity contribution in [1.29, 1.82) is 0 Å². The maximum atomic E-state index is 12.5. The van der Waals surface area contributed by atoms with E-state index in [2.05, 4.69) is 20.2 Å². The maximum Gasteiger partial charge on any atom is 0.228 e. The summed E-state index contributed by atoms with van der Waals surface area (Å²) in [6.45, 7) is 2.53. The number of hydrogen-bond acceptors (Lipinski definition) is 4. The molecule has 1 N–H and O–H groups in total. The van der Waals surface area contributed by atoms with Crippen LogP contribution in [-0.2, 0) is 11.3 Å². The van der Waals surface area contributed by atoms with Crippen molar-refractivity contribution in [3.8, 4) is 0 Å². The number of aromatic nitrogens is 2. The van der Waals surface area contributed by atoms with Gasteiger partial charge in [-0.25, -0.2) is 4.98 Å². The van der Waals surface area contributed by atoms with E-state index in [1.54, 1.807) is 18.3 Å². The van der Waals surface area contributed by atoms with E-state index in [0.717, 1.165) is 54.0 Å². The van der Waals surface area contributed by atoms with Gasteiger partial charge in [-0.3, -0.25) is 14.7 Å². The largest absolute Gasteiger partial charge is 0.310 e. The molecule has 1 amide bonds. The molecular weight excluding hydrogens is 395 g/mol. The van der Waals surface area contributed by atoms with Crippen LogP contribution in [0.3, 0.4) is 0 Å². The summed E-state index contributed by atoms with van der Waals surface area (Å²) < 4.78 is 0. The molecule has 5 nitrogen and oxygen atoms in total.